The van der Waals surface area contributed by atoms with Gasteiger partial charge >= 0.3 is 0 Å². The summed E-state index contributed by atoms with van der Waals surface area (Å²) >= 11 is 0. The van der Waals surface area contributed by atoms with E-state index in [2.05, 4.69) is 20.4 Å². The Labute approximate surface area is 138 Å². The molecule has 1 aromatic carbocycles. The molecule has 0 radical (unpaired) electrons. The van der Waals surface area contributed by atoms with Crippen molar-refractivity contribution in [3.63, 3.8) is 0 Å². The number of carbonyl (C=O) groups excluding carboxylic acids is 1. The summed E-state index contributed by atoms with van der Waals surface area (Å²) in [4.78, 5) is 24.8. The molecule has 2 aromatic rings. The first-order valence-electron chi connectivity index (χ1n) is 7.78. The van der Waals surface area contributed by atoms with Crippen LogP contribution in [0.3, 0.4) is 0 Å². The van der Waals surface area contributed by atoms with E-state index in [1.165, 1.54) is 18.6 Å². The van der Waals surface area contributed by atoms with Crippen molar-refractivity contribution in [3.8, 4) is 0 Å². The summed E-state index contributed by atoms with van der Waals surface area (Å²) in [6.45, 7) is 1.88. The van der Waals surface area contributed by atoms with Crippen molar-refractivity contribution in [1.82, 2.24) is 10.2 Å². The van der Waals surface area contributed by atoms with E-state index in [4.69, 9.17) is 0 Å². The number of nitrogens with zero attached hydrogens (tertiary/aromatic N) is 4. The maximum Gasteiger partial charge on any atom is 0.292 e. The number of nitro groups is 1. The van der Waals surface area contributed by atoms with Crippen LogP contribution in [0.2, 0.25) is 0 Å². The molecular weight excluding hydrogens is 310 g/mol. The fourth-order valence-corrected chi connectivity index (χ4v) is 2.66. The third-order valence-electron chi connectivity index (χ3n) is 3.91. The maximum absolute atomic E-state index is 12.2. The molecule has 1 aliphatic heterocycles. The molecule has 0 atom stereocenters. The fraction of sp³-hybridized carbons (Fsp3) is 0.312. The lowest BCUT2D eigenvalue weighted by Crippen LogP contribution is -2.30. The lowest BCUT2D eigenvalue weighted by molar-refractivity contribution is -0.383. The summed E-state index contributed by atoms with van der Waals surface area (Å²) in [7, 11) is 0. The van der Waals surface area contributed by atoms with Crippen LogP contribution in [0.1, 0.15) is 29.8 Å². The minimum Gasteiger partial charge on any atom is -0.355 e. The molecule has 0 bridgehead atoms. The second-order valence-electron chi connectivity index (χ2n) is 5.55. The first-order chi connectivity index (χ1) is 11.6. The number of hydrogen-bond acceptors (Lipinski definition) is 6. The van der Waals surface area contributed by atoms with Gasteiger partial charge in [0.2, 0.25) is 0 Å². The Morgan fingerprint density at radius 1 is 1.08 bits per heavy atom. The van der Waals surface area contributed by atoms with E-state index in [1.807, 2.05) is 0 Å². The van der Waals surface area contributed by atoms with Crippen molar-refractivity contribution in [1.29, 1.82) is 0 Å². The third kappa shape index (κ3) is 3.48. The summed E-state index contributed by atoms with van der Waals surface area (Å²) in [6.07, 6.45) is 3.48. The molecule has 1 N–H and O–H groups in total. The van der Waals surface area contributed by atoms with Gasteiger partial charge in [0.25, 0.3) is 11.6 Å². The second kappa shape index (κ2) is 7.03. The molecule has 24 heavy (non-hydrogen) atoms. The molecule has 1 amide bonds. The van der Waals surface area contributed by atoms with E-state index in [-0.39, 0.29) is 17.1 Å². The summed E-state index contributed by atoms with van der Waals surface area (Å²) in [5, 5.41) is 21.5. The van der Waals surface area contributed by atoms with E-state index in [9.17, 15) is 14.9 Å². The Balaban J connectivity index is 1.72. The van der Waals surface area contributed by atoms with Crippen LogP contribution in [-0.2, 0) is 0 Å². The predicted octanol–water partition coefficient (Wildman–Crippen LogP) is 2.63. The third-order valence-corrected chi connectivity index (χ3v) is 3.91. The van der Waals surface area contributed by atoms with Crippen LogP contribution < -0.4 is 10.2 Å². The number of rotatable bonds is 4. The Hall–Kier alpha value is -3.03. The lowest BCUT2D eigenvalue weighted by atomic mass is 10.1. The Morgan fingerprint density at radius 3 is 2.50 bits per heavy atom. The van der Waals surface area contributed by atoms with Gasteiger partial charge in [-0.15, -0.1) is 10.2 Å². The molecule has 8 heteroatoms. The summed E-state index contributed by atoms with van der Waals surface area (Å²) in [5.74, 6) is 0.221. The standard InChI is InChI=1S/C16H17N5O3/c22-16(17-12-6-2-3-7-14(12)21(23)24)13-8-9-15(19-18-13)20-10-4-1-5-11-20/h2-3,6-9H,1,4-5,10-11H2,(H,17,22). The molecule has 8 nitrogen and oxygen atoms in total. The van der Waals surface area contributed by atoms with Gasteiger partial charge in [-0.25, -0.2) is 0 Å². The number of aromatic nitrogens is 2. The average molecular weight is 327 g/mol. The number of benzene rings is 1. The highest BCUT2D eigenvalue weighted by atomic mass is 16.6. The molecule has 2 heterocycles. The van der Waals surface area contributed by atoms with Crippen molar-refractivity contribution in [2.24, 2.45) is 0 Å². The molecule has 1 saturated heterocycles. The van der Waals surface area contributed by atoms with Gasteiger partial charge in [0, 0.05) is 19.2 Å². The number of anilines is 2. The normalized spacial score (nSPS) is 14.2. The minimum absolute atomic E-state index is 0.119. The first kappa shape index (κ1) is 15.9. The van der Waals surface area contributed by atoms with E-state index in [0.717, 1.165) is 31.7 Å². The average Bonchev–Trinajstić information content (AvgIpc) is 2.63. The number of carbonyl (C=O) groups is 1. The van der Waals surface area contributed by atoms with E-state index >= 15 is 0 Å². The molecule has 0 saturated carbocycles. The van der Waals surface area contributed by atoms with Gasteiger partial charge in [0.15, 0.2) is 11.5 Å². The maximum atomic E-state index is 12.2. The zero-order chi connectivity index (χ0) is 16.9. The van der Waals surface area contributed by atoms with E-state index in [0.29, 0.717) is 0 Å². The summed E-state index contributed by atoms with van der Waals surface area (Å²) in [6, 6.07) is 9.31. The Kier molecular flexibility index (Phi) is 4.64. The number of hydrogen-bond donors (Lipinski definition) is 1. The Bertz CT molecular complexity index is 742. The SMILES string of the molecule is O=C(Nc1ccccc1[N+](=O)[O-])c1ccc(N2CCCCC2)nn1. The molecule has 0 spiro atoms. The van der Waals surface area contributed by atoms with Gasteiger partial charge in [-0.05, 0) is 37.5 Å². The number of piperidine rings is 1. The van der Waals surface area contributed by atoms with Crippen LogP contribution in [0, 0.1) is 10.1 Å². The topological polar surface area (TPSA) is 101 Å². The first-order valence-corrected chi connectivity index (χ1v) is 7.78. The quantitative estimate of drug-likeness (QED) is 0.684. The monoisotopic (exact) mass is 327 g/mol. The van der Waals surface area contributed by atoms with Crippen LogP contribution in [0.15, 0.2) is 36.4 Å². The molecular formula is C16H17N5O3. The van der Waals surface area contributed by atoms with Crippen LogP contribution >= 0.6 is 0 Å². The van der Waals surface area contributed by atoms with Crippen LogP contribution in [0.5, 0.6) is 0 Å². The molecule has 1 aliphatic rings. The van der Waals surface area contributed by atoms with Gasteiger partial charge in [-0.1, -0.05) is 12.1 Å². The van der Waals surface area contributed by atoms with Gasteiger partial charge in [0.05, 0.1) is 4.92 Å². The highest BCUT2D eigenvalue weighted by Gasteiger charge is 2.18. The predicted molar refractivity (Wildman–Crippen MR) is 89.1 cm³/mol. The van der Waals surface area contributed by atoms with Crippen molar-refractivity contribution in [3.05, 3.63) is 52.2 Å². The smallest absolute Gasteiger partial charge is 0.292 e. The van der Waals surface area contributed by atoms with Crippen molar-refractivity contribution in [2.75, 3.05) is 23.3 Å². The highest BCUT2D eigenvalue weighted by molar-refractivity contribution is 6.04. The zero-order valence-electron chi connectivity index (χ0n) is 13.0. The highest BCUT2D eigenvalue weighted by Crippen LogP contribution is 2.23. The second-order valence-corrected chi connectivity index (χ2v) is 5.55. The fourth-order valence-electron chi connectivity index (χ4n) is 2.66. The van der Waals surface area contributed by atoms with Gasteiger partial charge in [0.1, 0.15) is 5.69 Å². The van der Waals surface area contributed by atoms with Crippen molar-refractivity contribution < 1.29 is 9.72 Å². The molecule has 0 unspecified atom stereocenters. The largest absolute Gasteiger partial charge is 0.355 e. The van der Waals surface area contributed by atoms with Crippen LogP contribution in [0.25, 0.3) is 0 Å². The number of nitro benzene ring substituents is 1. The van der Waals surface area contributed by atoms with Gasteiger partial charge in [-0.2, -0.15) is 0 Å². The molecule has 1 fully saturated rings. The molecule has 0 aliphatic carbocycles. The van der Waals surface area contributed by atoms with Gasteiger partial charge < -0.3 is 10.2 Å². The number of amides is 1. The van der Waals surface area contributed by atoms with Crippen LogP contribution in [-0.4, -0.2) is 34.1 Å². The minimum atomic E-state index is -0.541. The Morgan fingerprint density at radius 2 is 1.83 bits per heavy atom. The number of para-hydroxylation sites is 2. The van der Waals surface area contributed by atoms with E-state index in [1.54, 1.807) is 24.3 Å². The summed E-state index contributed by atoms with van der Waals surface area (Å²) in [5.41, 5.74) is 0.0899. The zero-order valence-corrected chi connectivity index (χ0v) is 13.0. The van der Waals surface area contributed by atoms with Gasteiger partial charge in [-0.3, -0.25) is 14.9 Å². The molecule has 1 aromatic heterocycles. The molecule has 124 valence electrons. The van der Waals surface area contributed by atoms with Crippen molar-refractivity contribution >= 4 is 23.1 Å². The molecule has 3 rings (SSSR count). The lowest BCUT2D eigenvalue weighted by Gasteiger charge is -2.27. The van der Waals surface area contributed by atoms with Crippen LogP contribution in [0.4, 0.5) is 17.2 Å². The van der Waals surface area contributed by atoms with E-state index < -0.39 is 10.8 Å². The number of nitrogens with one attached hydrogen (secondary N) is 1. The van der Waals surface area contributed by atoms with Crippen molar-refractivity contribution in [2.45, 2.75) is 19.3 Å². The summed E-state index contributed by atoms with van der Waals surface area (Å²) < 4.78 is 0.